The van der Waals surface area contributed by atoms with Gasteiger partial charge in [0.1, 0.15) is 0 Å². The highest BCUT2D eigenvalue weighted by Gasteiger charge is 2.00. The Balaban J connectivity index is 1.95. The molecule has 2 N–H and O–H groups in total. The molecular weight excluding hydrogens is 196 g/mol. The molecule has 0 radical (unpaired) electrons. The molecule has 6 heteroatoms. The third kappa shape index (κ3) is 5.11. The molecule has 1 aromatic rings. The van der Waals surface area contributed by atoms with Crippen molar-refractivity contribution >= 4 is 5.91 Å². The van der Waals surface area contributed by atoms with E-state index in [4.69, 9.17) is 4.52 Å². The first-order valence-corrected chi connectivity index (χ1v) is 5.06. The number of aromatic nitrogens is 2. The summed E-state index contributed by atoms with van der Waals surface area (Å²) < 4.78 is 4.82. The van der Waals surface area contributed by atoms with Crippen molar-refractivity contribution in [2.45, 2.75) is 19.8 Å². The molecule has 1 rings (SSSR count). The van der Waals surface area contributed by atoms with Crippen LogP contribution in [0.3, 0.4) is 0 Å². The van der Waals surface area contributed by atoms with Crippen molar-refractivity contribution < 1.29 is 9.32 Å². The van der Waals surface area contributed by atoms with Crippen LogP contribution in [-0.2, 0) is 11.2 Å². The van der Waals surface area contributed by atoms with E-state index < -0.39 is 0 Å². The van der Waals surface area contributed by atoms with Crippen LogP contribution < -0.4 is 10.6 Å². The minimum absolute atomic E-state index is 0.0720. The van der Waals surface area contributed by atoms with Crippen LogP contribution in [-0.4, -0.2) is 35.7 Å². The molecule has 1 amide bonds. The Morgan fingerprint density at radius 1 is 1.53 bits per heavy atom. The van der Waals surface area contributed by atoms with Crippen LogP contribution in [0.2, 0.25) is 0 Å². The molecule has 1 aromatic heterocycles. The summed E-state index contributed by atoms with van der Waals surface area (Å²) in [7, 11) is 0. The lowest BCUT2D eigenvalue weighted by molar-refractivity contribution is -0.120. The summed E-state index contributed by atoms with van der Waals surface area (Å²) in [5.41, 5.74) is 0. The van der Waals surface area contributed by atoms with Crippen molar-refractivity contribution in [3.05, 3.63) is 12.2 Å². The Hall–Kier alpha value is -1.43. The predicted molar refractivity (Wildman–Crippen MR) is 54.2 cm³/mol. The summed E-state index contributed by atoms with van der Waals surface area (Å²) in [6, 6.07) is 0. The van der Waals surface area contributed by atoms with E-state index in [1.807, 2.05) is 6.92 Å². The smallest absolute Gasteiger partial charge is 0.227 e. The summed E-state index contributed by atoms with van der Waals surface area (Å²) in [4.78, 5) is 14.9. The second kappa shape index (κ2) is 6.94. The second-order valence-electron chi connectivity index (χ2n) is 3.04. The van der Waals surface area contributed by atoms with Gasteiger partial charge in [0.15, 0.2) is 6.33 Å². The van der Waals surface area contributed by atoms with Gasteiger partial charge in [-0.15, -0.1) is 0 Å². The van der Waals surface area contributed by atoms with Crippen molar-refractivity contribution in [3.8, 4) is 0 Å². The lowest BCUT2D eigenvalue weighted by Crippen LogP contribution is -2.28. The molecule has 0 aliphatic carbocycles. The molecule has 0 unspecified atom stereocenters. The molecule has 0 saturated heterocycles. The average Bonchev–Trinajstić information content (AvgIpc) is 2.70. The minimum atomic E-state index is 0.0720. The maximum atomic E-state index is 11.0. The number of hydrogen-bond acceptors (Lipinski definition) is 5. The lowest BCUT2D eigenvalue weighted by atomic mass is 10.3. The zero-order chi connectivity index (χ0) is 10.9. The van der Waals surface area contributed by atoms with E-state index in [9.17, 15) is 4.79 Å². The molecular formula is C9H16N4O2. The average molecular weight is 212 g/mol. The Bertz CT molecular complexity index is 274. The fraction of sp³-hybridized carbons (Fsp3) is 0.667. The van der Waals surface area contributed by atoms with E-state index in [1.165, 1.54) is 6.33 Å². The van der Waals surface area contributed by atoms with Gasteiger partial charge in [-0.1, -0.05) is 5.16 Å². The van der Waals surface area contributed by atoms with Gasteiger partial charge in [0.05, 0.1) is 0 Å². The summed E-state index contributed by atoms with van der Waals surface area (Å²) in [6.07, 6.45) is 2.57. The molecule has 0 aliphatic rings. The Kier molecular flexibility index (Phi) is 5.39. The molecule has 0 aromatic carbocycles. The fourth-order valence-corrected chi connectivity index (χ4v) is 1.11. The molecule has 15 heavy (non-hydrogen) atoms. The normalized spacial score (nSPS) is 10.2. The molecule has 0 fully saturated rings. The number of nitrogens with zero attached hydrogens (tertiary/aromatic N) is 2. The maximum Gasteiger partial charge on any atom is 0.227 e. The third-order valence-electron chi connectivity index (χ3n) is 1.83. The van der Waals surface area contributed by atoms with Crippen molar-refractivity contribution in [2.24, 2.45) is 0 Å². The monoisotopic (exact) mass is 212 g/mol. The van der Waals surface area contributed by atoms with Gasteiger partial charge in [-0.3, -0.25) is 4.79 Å². The van der Waals surface area contributed by atoms with Gasteiger partial charge in [0.2, 0.25) is 11.8 Å². The van der Waals surface area contributed by atoms with Crippen molar-refractivity contribution in [2.75, 3.05) is 19.6 Å². The molecule has 0 bridgehead atoms. The predicted octanol–water partition coefficient (Wildman–Crippen LogP) is -0.272. The van der Waals surface area contributed by atoms with Crippen LogP contribution in [0.1, 0.15) is 19.2 Å². The molecule has 0 spiro atoms. The van der Waals surface area contributed by atoms with Gasteiger partial charge < -0.3 is 15.2 Å². The standard InChI is InChI=1S/C9H16N4O2/c1-2-11-8(14)3-5-10-6-4-9-12-7-13-15-9/h7,10H,2-6H2,1H3,(H,11,14). The largest absolute Gasteiger partial charge is 0.356 e. The van der Waals surface area contributed by atoms with Crippen LogP contribution in [0.15, 0.2) is 10.9 Å². The van der Waals surface area contributed by atoms with Gasteiger partial charge in [-0.2, -0.15) is 4.98 Å². The van der Waals surface area contributed by atoms with E-state index in [2.05, 4.69) is 20.8 Å². The first-order chi connectivity index (χ1) is 7.33. The maximum absolute atomic E-state index is 11.0. The van der Waals surface area contributed by atoms with Crippen LogP contribution in [0.5, 0.6) is 0 Å². The molecule has 0 aliphatic heterocycles. The first-order valence-electron chi connectivity index (χ1n) is 5.06. The van der Waals surface area contributed by atoms with E-state index in [-0.39, 0.29) is 5.91 Å². The quantitative estimate of drug-likeness (QED) is 0.608. The van der Waals surface area contributed by atoms with Crippen LogP contribution >= 0.6 is 0 Å². The van der Waals surface area contributed by atoms with Gasteiger partial charge in [-0.25, -0.2) is 0 Å². The zero-order valence-corrected chi connectivity index (χ0v) is 8.82. The van der Waals surface area contributed by atoms with Crippen LogP contribution in [0.25, 0.3) is 0 Å². The highest BCUT2D eigenvalue weighted by atomic mass is 16.5. The summed E-state index contributed by atoms with van der Waals surface area (Å²) in [5.74, 6) is 0.684. The van der Waals surface area contributed by atoms with Gasteiger partial charge >= 0.3 is 0 Å². The summed E-state index contributed by atoms with van der Waals surface area (Å²) >= 11 is 0. The molecule has 0 atom stereocenters. The SMILES string of the molecule is CCNC(=O)CCNCCc1ncno1. The lowest BCUT2D eigenvalue weighted by Gasteiger charge is -2.03. The molecule has 6 nitrogen and oxygen atoms in total. The number of carbonyl (C=O) groups is 1. The van der Waals surface area contributed by atoms with Crippen molar-refractivity contribution in [1.82, 2.24) is 20.8 Å². The second-order valence-corrected chi connectivity index (χ2v) is 3.04. The van der Waals surface area contributed by atoms with Gasteiger partial charge in [0.25, 0.3) is 0 Å². The van der Waals surface area contributed by atoms with E-state index in [0.29, 0.717) is 31.8 Å². The van der Waals surface area contributed by atoms with Crippen molar-refractivity contribution in [1.29, 1.82) is 0 Å². The fourth-order valence-electron chi connectivity index (χ4n) is 1.11. The first kappa shape index (κ1) is 11.6. The highest BCUT2D eigenvalue weighted by Crippen LogP contribution is 1.90. The van der Waals surface area contributed by atoms with E-state index in [1.54, 1.807) is 0 Å². The number of nitrogens with one attached hydrogen (secondary N) is 2. The Morgan fingerprint density at radius 2 is 2.40 bits per heavy atom. The Labute approximate surface area is 88.4 Å². The summed E-state index contributed by atoms with van der Waals surface area (Å²) in [5, 5.41) is 9.35. The number of hydrogen-bond donors (Lipinski definition) is 2. The Morgan fingerprint density at radius 3 is 3.07 bits per heavy atom. The number of rotatable bonds is 7. The summed E-state index contributed by atoms with van der Waals surface area (Å²) in [6.45, 7) is 3.99. The van der Waals surface area contributed by atoms with Crippen LogP contribution in [0.4, 0.5) is 0 Å². The van der Waals surface area contributed by atoms with E-state index >= 15 is 0 Å². The number of carbonyl (C=O) groups excluding carboxylic acids is 1. The van der Waals surface area contributed by atoms with Gasteiger partial charge in [-0.05, 0) is 6.92 Å². The third-order valence-corrected chi connectivity index (χ3v) is 1.83. The molecule has 84 valence electrons. The molecule has 1 heterocycles. The number of amides is 1. The van der Waals surface area contributed by atoms with E-state index in [0.717, 1.165) is 6.54 Å². The van der Waals surface area contributed by atoms with Gasteiger partial charge in [0, 0.05) is 32.5 Å². The van der Waals surface area contributed by atoms with Crippen molar-refractivity contribution in [3.63, 3.8) is 0 Å². The minimum Gasteiger partial charge on any atom is -0.356 e. The molecule has 0 saturated carbocycles. The zero-order valence-electron chi connectivity index (χ0n) is 8.82. The highest BCUT2D eigenvalue weighted by molar-refractivity contribution is 5.75. The van der Waals surface area contributed by atoms with Crippen LogP contribution in [0, 0.1) is 0 Å². The topological polar surface area (TPSA) is 80.0 Å².